The van der Waals surface area contributed by atoms with Gasteiger partial charge in [-0.05, 0) is 43.3 Å². The Labute approximate surface area is 143 Å². The van der Waals surface area contributed by atoms with E-state index >= 15 is 0 Å². The number of rotatable bonds is 4. The van der Waals surface area contributed by atoms with Crippen molar-refractivity contribution in [1.82, 2.24) is 4.31 Å². The normalized spacial score (nSPS) is 19.2. The fourth-order valence-corrected chi connectivity index (χ4v) is 4.67. The average Bonchev–Trinajstić information content (AvgIpc) is 2.62. The van der Waals surface area contributed by atoms with Crippen molar-refractivity contribution < 1.29 is 13.2 Å². The third kappa shape index (κ3) is 3.25. The van der Waals surface area contributed by atoms with Crippen LogP contribution in [0.2, 0.25) is 0 Å². The number of nitrogens with zero attached hydrogens (tertiary/aromatic N) is 2. The van der Waals surface area contributed by atoms with Crippen molar-refractivity contribution >= 4 is 15.7 Å². The lowest BCUT2D eigenvalue weighted by Gasteiger charge is -2.40. The molecule has 1 aliphatic rings. The predicted molar refractivity (Wildman–Crippen MR) is 95.0 cm³/mol. The Morgan fingerprint density at radius 1 is 1.00 bits per heavy atom. The lowest BCUT2D eigenvalue weighted by atomic mass is 10.2. The molecule has 3 rings (SSSR count). The molecule has 0 bridgehead atoms. The minimum Gasteiger partial charge on any atom is -0.497 e. The molecule has 0 amide bonds. The van der Waals surface area contributed by atoms with Crippen molar-refractivity contribution in [2.24, 2.45) is 0 Å². The van der Waals surface area contributed by atoms with E-state index in [0.717, 1.165) is 5.69 Å². The van der Waals surface area contributed by atoms with E-state index in [4.69, 9.17) is 4.74 Å². The first kappa shape index (κ1) is 16.8. The Morgan fingerprint density at radius 3 is 2.25 bits per heavy atom. The summed E-state index contributed by atoms with van der Waals surface area (Å²) in [7, 11) is -1.93. The van der Waals surface area contributed by atoms with Crippen LogP contribution in [0.3, 0.4) is 0 Å². The van der Waals surface area contributed by atoms with E-state index in [1.54, 1.807) is 35.7 Å². The van der Waals surface area contributed by atoms with Crippen LogP contribution < -0.4 is 9.64 Å². The summed E-state index contributed by atoms with van der Waals surface area (Å²) >= 11 is 0. The molecule has 1 aliphatic heterocycles. The fourth-order valence-electron chi connectivity index (χ4n) is 3.05. The summed E-state index contributed by atoms with van der Waals surface area (Å²) in [5.74, 6) is 0.649. The van der Waals surface area contributed by atoms with E-state index in [1.807, 2.05) is 25.1 Å². The van der Waals surface area contributed by atoms with Crippen molar-refractivity contribution in [3.8, 4) is 5.75 Å². The molecular formula is C18H22N2O3S. The van der Waals surface area contributed by atoms with Gasteiger partial charge in [-0.1, -0.05) is 18.2 Å². The number of ether oxygens (including phenoxy) is 1. The molecule has 24 heavy (non-hydrogen) atoms. The molecule has 2 aromatic carbocycles. The van der Waals surface area contributed by atoms with Crippen LogP contribution in [0.1, 0.15) is 6.92 Å². The molecule has 6 heteroatoms. The molecule has 1 unspecified atom stereocenters. The Hall–Kier alpha value is -2.05. The Bertz CT molecular complexity index is 776. The first-order valence-electron chi connectivity index (χ1n) is 7.98. The molecular weight excluding hydrogens is 324 g/mol. The zero-order chi connectivity index (χ0) is 17.2. The molecule has 1 fully saturated rings. The van der Waals surface area contributed by atoms with E-state index in [-0.39, 0.29) is 6.04 Å². The van der Waals surface area contributed by atoms with E-state index in [2.05, 4.69) is 17.0 Å². The smallest absolute Gasteiger partial charge is 0.243 e. The highest BCUT2D eigenvalue weighted by Gasteiger charge is 2.33. The van der Waals surface area contributed by atoms with Gasteiger partial charge in [0, 0.05) is 31.4 Å². The molecule has 5 nitrogen and oxygen atoms in total. The van der Waals surface area contributed by atoms with Gasteiger partial charge in [-0.15, -0.1) is 0 Å². The molecule has 0 radical (unpaired) electrons. The maximum absolute atomic E-state index is 12.9. The molecule has 2 aromatic rings. The zero-order valence-corrected chi connectivity index (χ0v) is 14.7. The van der Waals surface area contributed by atoms with Crippen LogP contribution in [-0.4, -0.2) is 45.5 Å². The molecule has 0 aliphatic carbocycles. The van der Waals surface area contributed by atoms with E-state index in [1.165, 1.54) is 0 Å². The highest BCUT2D eigenvalue weighted by molar-refractivity contribution is 7.89. The summed E-state index contributed by atoms with van der Waals surface area (Å²) in [6.45, 7) is 3.80. The topological polar surface area (TPSA) is 49.9 Å². The molecule has 0 saturated carbocycles. The Balaban J connectivity index is 1.77. The molecule has 0 aromatic heterocycles. The Morgan fingerprint density at radius 2 is 1.67 bits per heavy atom. The van der Waals surface area contributed by atoms with Crippen molar-refractivity contribution in [3.63, 3.8) is 0 Å². The van der Waals surface area contributed by atoms with Crippen LogP contribution in [0.25, 0.3) is 0 Å². The quantitative estimate of drug-likeness (QED) is 0.854. The molecule has 1 atom stereocenters. The summed E-state index contributed by atoms with van der Waals surface area (Å²) in [6.07, 6.45) is 0. The predicted octanol–water partition coefficient (Wildman–Crippen LogP) is 2.59. The third-order valence-electron chi connectivity index (χ3n) is 4.35. The molecule has 128 valence electrons. The number of hydrogen-bond acceptors (Lipinski definition) is 4. The van der Waals surface area contributed by atoms with Gasteiger partial charge in [-0.2, -0.15) is 4.31 Å². The second-order valence-electron chi connectivity index (χ2n) is 5.92. The number of benzene rings is 2. The Kier molecular flexibility index (Phi) is 4.78. The first-order chi connectivity index (χ1) is 11.5. The second-order valence-corrected chi connectivity index (χ2v) is 7.81. The largest absolute Gasteiger partial charge is 0.497 e. The van der Waals surface area contributed by atoms with E-state index in [0.29, 0.717) is 30.3 Å². The minimum atomic E-state index is -3.49. The van der Waals surface area contributed by atoms with Crippen molar-refractivity contribution in [1.29, 1.82) is 0 Å². The highest BCUT2D eigenvalue weighted by atomic mass is 32.2. The number of piperazine rings is 1. The fraction of sp³-hybridized carbons (Fsp3) is 0.333. The van der Waals surface area contributed by atoms with Gasteiger partial charge in [0.15, 0.2) is 0 Å². The van der Waals surface area contributed by atoms with Crippen LogP contribution in [0.4, 0.5) is 5.69 Å². The standard InChI is InChI=1S/C18H22N2O3S/c1-15-14-19(16-6-4-3-5-7-16)12-13-20(15)24(21,22)18-10-8-17(23-2)9-11-18/h3-11,15H,12-14H2,1-2H3. The molecule has 0 spiro atoms. The SMILES string of the molecule is COc1ccc(S(=O)(=O)N2CCN(c3ccccc3)CC2C)cc1. The number of para-hydroxylation sites is 1. The van der Waals surface area contributed by atoms with Crippen molar-refractivity contribution in [2.45, 2.75) is 17.9 Å². The minimum absolute atomic E-state index is 0.0916. The lowest BCUT2D eigenvalue weighted by Crippen LogP contribution is -2.53. The van der Waals surface area contributed by atoms with Gasteiger partial charge in [-0.3, -0.25) is 0 Å². The zero-order valence-electron chi connectivity index (χ0n) is 13.9. The van der Waals surface area contributed by atoms with Crippen molar-refractivity contribution in [3.05, 3.63) is 54.6 Å². The number of hydrogen-bond donors (Lipinski definition) is 0. The maximum Gasteiger partial charge on any atom is 0.243 e. The third-order valence-corrected chi connectivity index (χ3v) is 6.38. The maximum atomic E-state index is 12.9. The van der Waals surface area contributed by atoms with E-state index in [9.17, 15) is 8.42 Å². The lowest BCUT2D eigenvalue weighted by molar-refractivity contribution is 0.306. The highest BCUT2D eigenvalue weighted by Crippen LogP contribution is 2.25. The summed E-state index contributed by atoms with van der Waals surface area (Å²) in [4.78, 5) is 2.54. The van der Waals surface area contributed by atoms with Gasteiger partial charge in [0.1, 0.15) is 5.75 Å². The van der Waals surface area contributed by atoms with Crippen LogP contribution in [-0.2, 0) is 10.0 Å². The summed E-state index contributed by atoms with van der Waals surface area (Å²) in [6, 6.07) is 16.6. The van der Waals surface area contributed by atoms with Gasteiger partial charge in [0.05, 0.1) is 12.0 Å². The van der Waals surface area contributed by atoms with Gasteiger partial charge < -0.3 is 9.64 Å². The molecule has 1 heterocycles. The van der Waals surface area contributed by atoms with Gasteiger partial charge in [0.25, 0.3) is 0 Å². The molecule has 1 saturated heterocycles. The number of anilines is 1. The second kappa shape index (κ2) is 6.83. The average molecular weight is 346 g/mol. The first-order valence-corrected chi connectivity index (χ1v) is 9.42. The summed E-state index contributed by atoms with van der Waals surface area (Å²) < 4.78 is 32.5. The number of sulfonamides is 1. The number of methoxy groups -OCH3 is 1. The van der Waals surface area contributed by atoms with Crippen LogP contribution in [0.15, 0.2) is 59.5 Å². The van der Waals surface area contributed by atoms with Crippen LogP contribution in [0.5, 0.6) is 5.75 Å². The monoisotopic (exact) mass is 346 g/mol. The van der Waals surface area contributed by atoms with Crippen LogP contribution in [0, 0.1) is 0 Å². The van der Waals surface area contributed by atoms with Crippen molar-refractivity contribution in [2.75, 3.05) is 31.6 Å². The van der Waals surface area contributed by atoms with Crippen LogP contribution >= 0.6 is 0 Å². The summed E-state index contributed by atoms with van der Waals surface area (Å²) in [5, 5.41) is 0. The van der Waals surface area contributed by atoms with Gasteiger partial charge in [0.2, 0.25) is 10.0 Å². The van der Waals surface area contributed by atoms with Gasteiger partial charge >= 0.3 is 0 Å². The van der Waals surface area contributed by atoms with E-state index < -0.39 is 10.0 Å². The molecule has 0 N–H and O–H groups in total. The summed E-state index contributed by atoms with van der Waals surface area (Å²) in [5.41, 5.74) is 1.13. The van der Waals surface area contributed by atoms with Gasteiger partial charge in [-0.25, -0.2) is 8.42 Å².